The number of piperazine rings is 1. The molecule has 3 aromatic rings. The van der Waals surface area contributed by atoms with Gasteiger partial charge in [0.2, 0.25) is 0 Å². The predicted molar refractivity (Wildman–Crippen MR) is 149 cm³/mol. The third kappa shape index (κ3) is 7.38. The Bertz CT molecular complexity index is 1170. The van der Waals surface area contributed by atoms with Crippen LogP contribution in [0.4, 0.5) is 24.7 Å². The van der Waals surface area contributed by atoms with Gasteiger partial charge in [-0.3, -0.25) is 0 Å². The van der Waals surface area contributed by atoms with E-state index in [1.807, 2.05) is 6.07 Å². The number of nitrogens with zero attached hydrogens (tertiary/aromatic N) is 5. The third-order valence-electron chi connectivity index (χ3n) is 6.74. The quantitative estimate of drug-likeness (QED) is 0.213. The number of halogens is 3. The molecule has 0 bridgehead atoms. The first kappa shape index (κ1) is 28.2. The summed E-state index contributed by atoms with van der Waals surface area (Å²) in [4.78, 5) is 13.1. The molecule has 0 aliphatic carbocycles. The molecule has 1 aliphatic heterocycles. The van der Waals surface area contributed by atoms with Gasteiger partial charge >= 0.3 is 6.18 Å². The lowest BCUT2D eigenvalue weighted by Crippen LogP contribution is -2.46. The fourth-order valence-electron chi connectivity index (χ4n) is 4.48. The number of aryl methyl sites for hydroxylation is 1. The first-order valence-electron chi connectivity index (χ1n) is 13.3. The number of ether oxygens (including phenoxy) is 1. The maximum Gasteiger partial charge on any atom is 0.434 e. The second kappa shape index (κ2) is 11.9. The average molecular weight is 546 g/mol. The maximum atomic E-state index is 13.4. The van der Waals surface area contributed by atoms with Crippen LogP contribution in [0.15, 0.2) is 48.8 Å². The summed E-state index contributed by atoms with van der Waals surface area (Å²) in [5, 5.41) is 0. The minimum atomic E-state index is -4.53. The van der Waals surface area contributed by atoms with Crippen molar-refractivity contribution >= 4 is 19.6 Å². The molecule has 0 saturated carbocycles. The highest BCUT2D eigenvalue weighted by Gasteiger charge is 2.35. The molecule has 4 rings (SSSR count). The SMILES string of the molecule is CCCc1ccc(N2CCN(c3ccc(-c4nc(C(F)(F)F)cn4COCC[Si](C)(C)C)cn3)CC2)cc1. The van der Waals surface area contributed by atoms with Crippen LogP contribution in [0.2, 0.25) is 25.7 Å². The predicted octanol–water partition coefficient (Wildman–Crippen LogP) is 6.56. The Kier molecular flexibility index (Phi) is 8.82. The van der Waals surface area contributed by atoms with Crippen molar-refractivity contribution in [3.63, 3.8) is 0 Å². The van der Waals surface area contributed by atoms with Crippen LogP contribution in [0.25, 0.3) is 11.4 Å². The molecule has 206 valence electrons. The fourth-order valence-corrected chi connectivity index (χ4v) is 5.24. The number of hydrogen-bond donors (Lipinski definition) is 0. The Morgan fingerprint density at radius 1 is 0.947 bits per heavy atom. The monoisotopic (exact) mass is 545 g/mol. The second-order valence-corrected chi connectivity index (χ2v) is 16.7. The van der Waals surface area contributed by atoms with E-state index in [2.05, 4.69) is 70.6 Å². The van der Waals surface area contributed by atoms with Crippen LogP contribution in [0.3, 0.4) is 0 Å². The molecular formula is C28H38F3N5OSi. The van der Waals surface area contributed by atoms with Crippen LogP contribution >= 0.6 is 0 Å². The number of aromatic nitrogens is 3. The van der Waals surface area contributed by atoms with Gasteiger partial charge in [0.25, 0.3) is 0 Å². The lowest BCUT2D eigenvalue weighted by atomic mass is 10.1. The molecule has 0 unspecified atom stereocenters. The molecule has 2 aromatic heterocycles. The average Bonchev–Trinajstić information content (AvgIpc) is 3.32. The van der Waals surface area contributed by atoms with Gasteiger partial charge in [-0.15, -0.1) is 0 Å². The zero-order chi connectivity index (χ0) is 27.3. The molecule has 6 nitrogen and oxygen atoms in total. The summed E-state index contributed by atoms with van der Waals surface area (Å²) in [5.41, 5.74) is 2.19. The largest absolute Gasteiger partial charge is 0.434 e. The van der Waals surface area contributed by atoms with Gasteiger partial charge in [-0.25, -0.2) is 9.97 Å². The normalized spacial score (nSPS) is 14.8. The van der Waals surface area contributed by atoms with Crippen LogP contribution in [-0.2, 0) is 24.1 Å². The van der Waals surface area contributed by atoms with Crippen LogP contribution in [0.5, 0.6) is 0 Å². The van der Waals surface area contributed by atoms with E-state index in [4.69, 9.17) is 4.74 Å². The molecule has 10 heteroatoms. The van der Waals surface area contributed by atoms with Crippen molar-refractivity contribution in [2.24, 2.45) is 0 Å². The number of pyridine rings is 1. The van der Waals surface area contributed by atoms with Crippen LogP contribution in [0, 0.1) is 0 Å². The van der Waals surface area contributed by atoms with Gasteiger partial charge in [0.1, 0.15) is 18.4 Å². The van der Waals surface area contributed by atoms with E-state index >= 15 is 0 Å². The van der Waals surface area contributed by atoms with Crippen LogP contribution < -0.4 is 9.80 Å². The molecule has 0 N–H and O–H groups in total. The lowest BCUT2D eigenvalue weighted by Gasteiger charge is -2.36. The Morgan fingerprint density at radius 2 is 1.63 bits per heavy atom. The molecule has 38 heavy (non-hydrogen) atoms. The standard InChI is InChI=1S/C28H38F3N5OSi/c1-5-6-22-7-10-24(11-8-22)34-13-15-35(16-14-34)26-12-9-23(19-32-26)27-33-25(28(29,30)31)20-36(27)21-37-17-18-38(2,3)4/h7-12,19-20H,5-6,13-18,21H2,1-4H3. The van der Waals surface area contributed by atoms with Crippen molar-refractivity contribution in [1.82, 2.24) is 14.5 Å². The number of hydrogen-bond acceptors (Lipinski definition) is 5. The topological polar surface area (TPSA) is 46.4 Å². The summed E-state index contributed by atoms with van der Waals surface area (Å²) in [7, 11) is -1.30. The van der Waals surface area contributed by atoms with Gasteiger partial charge in [-0.1, -0.05) is 45.1 Å². The zero-order valence-electron chi connectivity index (χ0n) is 22.8. The fraction of sp³-hybridized carbons (Fsp3) is 0.500. The van der Waals surface area contributed by atoms with E-state index in [0.29, 0.717) is 12.2 Å². The van der Waals surface area contributed by atoms with Crippen LogP contribution in [-0.4, -0.2) is 55.4 Å². The van der Waals surface area contributed by atoms with E-state index in [-0.39, 0.29) is 12.6 Å². The Balaban J connectivity index is 1.41. The van der Waals surface area contributed by atoms with Gasteiger partial charge in [0.05, 0.1) is 0 Å². The molecule has 0 radical (unpaired) electrons. The molecule has 1 saturated heterocycles. The summed E-state index contributed by atoms with van der Waals surface area (Å²) in [6.45, 7) is 12.8. The van der Waals surface area contributed by atoms with Crippen molar-refractivity contribution in [2.45, 2.75) is 58.4 Å². The first-order valence-corrected chi connectivity index (χ1v) is 17.0. The van der Waals surface area contributed by atoms with Crippen molar-refractivity contribution in [3.8, 4) is 11.4 Å². The van der Waals surface area contributed by atoms with E-state index < -0.39 is 19.9 Å². The van der Waals surface area contributed by atoms with Crippen molar-refractivity contribution < 1.29 is 17.9 Å². The minimum absolute atomic E-state index is 0.0199. The Morgan fingerprint density at radius 3 is 2.21 bits per heavy atom. The van der Waals surface area contributed by atoms with Gasteiger partial charge in [-0.05, 0) is 42.3 Å². The molecule has 0 atom stereocenters. The summed E-state index contributed by atoms with van der Waals surface area (Å²) < 4.78 is 47.4. The molecule has 3 heterocycles. The van der Waals surface area contributed by atoms with Gasteiger partial charge in [0.15, 0.2) is 5.69 Å². The third-order valence-corrected chi connectivity index (χ3v) is 8.45. The summed E-state index contributed by atoms with van der Waals surface area (Å²) >= 11 is 0. The number of imidazole rings is 1. The van der Waals surface area contributed by atoms with Crippen molar-refractivity contribution in [2.75, 3.05) is 42.6 Å². The number of benzene rings is 1. The van der Waals surface area contributed by atoms with Gasteiger partial charge in [0, 0.05) is 64.5 Å². The Hall–Kier alpha value is -2.85. The van der Waals surface area contributed by atoms with E-state index in [1.165, 1.54) is 15.8 Å². The maximum absolute atomic E-state index is 13.4. The van der Waals surface area contributed by atoms with Crippen LogP contribution in [0.1, 0.15) is 24.6 Å². The van der Waals surface area contributed by atoms with Gasteiger partial charge in [-0.2, -0.15) is 13.2 Å². The molecule has 1 fully saturated rings. The van der Waals surface area contributed by atoms with Gasteiger partial charge < -0.3 is 19.1 Å². The number of anilines is 2. The summed E-state index contributed by atoms with van der Waals surface area (Å²) in [5.74, 6) is 1.02. The first-order chi connectivity index (χ1) is 18.0. The highest BCUT2D eigenvalue weighted by molar-refractivity contribution is 6.76. The highest BCUT2D eigenvalue weighted by Crippen LogP contribution is 2.31. The smallest absolute Gasteiger partial charge is 0.368 e. The summed E-state index contributed by atoms with van der Waals surface area (Å²) in [6, 6.07) is 13.4. The summed E-state index contributed by atoms with van der Waals surface area (Å²) in [6.07, 6.45) is 0.337. The molecular weight excluding hydrogens is 507 g/mol. The van der Waals surface area contributed by atoms with E-state index in [1.54, 1.807) is 12.3 Å². The lowest BCUT2D eigenvalue weighted by molar-refractivity contribution is -0.141. The van der Waals surface area contributed by atoms with E-state index in [0.717, 1.165) is 57.1 Å². The molecule has 0 amide bonds. The van der Waals surface area contributed by atoms with E-state index in [9.17, 15) is 13.2 Å². The number of rotatable bonds is 10. The Labute approximate surface area is 224 Å². The van der Waals surface area contributed by atoms with Crippen molar-refractivity contribution in [3.05, 3.63) is 60.0 Å². The number of alkyl halides is 3. The minimum Gasteiger partial charge on any atom is -0.368 e. The molecule has 0 spiro atoms. The highest BCUT2D eigenvalue weighted by atomic mass is 28.3. The molecule has 1 aromatic carbocycles. The zero-order valence-corrected chi connectivity index (χ0v) is 23.8. The molecule has 1 aliphatic rings. The second-order valence-electron chi connectivity index (χ2n) is 11.1. The van der Waals surface area contributed by atoms with Crippen molar-refractivity contribution in [1.29, 1.82) is 0 Å².